The molecule has 0 aliphatic heterocycles. The molecule has 0 spiro atoms. The number of hydrogen-bond acceptors (Lipinski definition) is 2. The molecule has 0 heterocycles. The maximum absolute atomic E-state index is 10.2. The molecular formula is C6H15CaNO2. The van der Waals surface area contributed by atoms with Crippen molar-refractivity contribution in [3.8, 4) is 0 Å². The second-order valence-corrected chi connectivity index (χ2v) is 2.25. The molecule has 0 bridgehead atoms. The Hall–Kier alpha value is 0.690. The van der Waals surface area contributed by atoms with Crippen LogP contribution in [0.3, 0.4) is 0 Å². The minimum Gasteiger partial charge on any atom is -1.00 e. The normalized spacial score (nSPS) is 15.1. The van der Waals surface area contributed by atoms with Crippen LogP contribution in [0, 0.1) is 5.92 Å². The van der Waals surface area contributed by atoms with Gasteiger partial charge in [0.05, 0.1) is 0 Å². The second-order valence-electron chi connectivity index (χ2n) is 2.25. The molecule has 3 N–H and O–H groups in total. The van der Waals surface area contributed by atoms with Crippen LogP contribution in [0.2, 0.25) is 0 Å². The van der Waals surface area contributed by atoms with E-state index in [-0.39, 0.29) is 46.5 Å². The summed E-state index contributed by atoms with van der Waals surface area (Å²) in [5.74, 6) is -0.841. The zero-order valence-corrected chi connectivity index (χ0v) is 8.71. The van der Waals surface area contributed by atoms with Gasteiger partial charge in [-0.3, -0.25) is 4.79 Å². The summed E-state index contributed by atoms with van der Waals surface area (Å²) in [5.41, 5.74) is 5.27. The smallest absolute Gasteiger partial charge is 1.00 e. The monoisotopic (exact) mass is 173 g/mol. The van der Waals surface area contributed by atoms with Gasteiger partial charge >= 0.3 is 43.7 Å². The number of rotatable bonds is 3. The molecule has 3 nitrogen and oxygen atoms in total. The van der Waals surface area contributed by atoms with Gasteiger partial charge in [-0.15, -0.1) is 0 Å². The molecule has 0 saturated carbocycles. The van der Waals surface area contributed by atoms with Crippen molar-refractivity contribution >= 4 is 43.7 Å². The van der Waals surface area contributed by atoms with Gasteiger partial charge in [0.25, 0.3) is 0 Å². The first-order valence-electron chi connectivity index (χ1n) is 3.08. The van der Waals surface area contributed by atoms with Crippen molar-refractivity contribution in [1.82, 2.24) is 0 Å². The van der Waals surface area contributed by atoms with E-state index in [9.17, 15) is 4.79 Å². The molecule has 10 heavy (non-hydrogen) atoms. The summed E-state index contributed by atoms with van der Waals surface area (Å²) >= 11 is 0. The van der Waals surface area contributed by atoms with Gasteiger partial charge in [0.1, 0.15) is 6.04 Å². The average Bonchev–Trinajstić information content (AvgIpc) is 1.84. The van der Waals surface area contributed by atoms with E-state index in [0.29, 0.717) is 0 Å². The van der Waals surface area contributed by atoms with Crippen molar-refractivity contribution in [2.45, 2.75) is 26.3 Å². The van der Waals surface area contributed by atoms with Gasteiger partial charge in [0.2, 0.25) is 0 Å². The molecule has 0 aromatic rings. The van der Waals surface area contributed by atoms with E-state index in [1.165, 1.54) is 0 Å². The average molecular weight is 173 g/mol. The van der Waals surface area contributed by atoms with E-state index >= 15 is 0 Å². The van der Waals surface area contributed by atoms with E-state index in [1.54, 1.807) is 0 Å². The van der Waals surface area contributed by atoms with Gasteiger partial charge in [0.15, 0.2) is 0 Å². The summed E-state index contributed by atoms with van der Waals surface area (Å²) in [4.78, 5) is 10.2. The molecule has 0 fully saturated rings. The summed E-state index contributed by atoms with van der Waals surface area (Å²) in [6.45, 7) is 3.76. The fourth-order valence-electron chi connectivity index (χ4n) is 0.497. The van der Waals surface area contributed by atoms with Gasteiger partial charge in [-0.2, -0.15) is 0 Å². The quantitative estimate of drug-likeness (QED) is 0.603. The first-order valence-corrected chi connectivity index (χ1v) is 3.08. The minimum atomic E-state index is -0.913. The molecule has 58 valence electrons. The number of carboxylic acids is 1. The van der Waals surface area contributed by atoms with Crippen LogP contribution >= 0.6 is 0 Å². The van der Waals surface area contributed by atoms with Crippen LogP contribution in [-0.4, -0.2) is 54.9 Å². The van der Waals surface area contributed by atoms with Crippen LogP contribution < -0.4 is 5.73 Å². The third-order valence-corrected chi connectivity index (χ3v) is 1.54. The van der Waals surface area contributed by atoms with E-state index in [1.807, 2.05) is 13.8 Å². The Morgan fingerprint density at radius 1 is 1.80 bits per heavy atom. The number of aliphatic carboxylic acids is 1. The summed E-state index contributed by atoms with van der Waals surface area (Å²) < 4.78 is 0. The molecule has 0 radical (unpaired) electrons. The predicted octanol–water partition coefficient (Wildman–Crippen LogP) is 0.289. The second kappa shape index (κ2) is 6.40. The fourth-order valence-corrected chi connectivity index (χ4v) is 0.497. The first kappa shape index (κ1) is 13.3. The molecular weight excluding hydrogens is 158 g/mol. The van der Waals surface area contributed by atoms with E-state index < -0.39 is 12.0 Å². The maximum Gasteiger partial charge on any atom is 2.00 e. The maximum atomic E-state index is 10.2. The molecule has 0 aliphatic rings. The van der Waals surface area contributed by atoms with Crippen molar-refractivity contribution in [1.29, 1.82) is 0 Å². The van der Waals surface area contributed by atoms with Crippen LogP contribution in [0.1, 0.15) is 23.1 Å². The van der Waals surface area contributed by atoms with E-state index in [0.717, 1.165) is 6.42 Å². The number of nitrogens with two attached hydrogens (primary N) is 1. The van der Waals surface area contributed by atoms with E-state index in [4.69, 9.17) is 10.8 Å². The Morgan fingerprint density at radius 3 is 2.30 bits per heavy atom. The molecule has 0 unspecified atom stereocenters. The third-order valence-electron chi connectivity index (χ3n) is 1.54. The molecule has 2 atom stereocenters. The minimum absolute atomic E-state index is 0. The van der Waals surface area contributed by atoms with Crippen molar-refractivity contribution in [3.63, 3.8) is 0 Å². The molecule has 0 aliphatic carbocycles. The number of carboxylic acid groups (broad SMARTS) is 1. The van der Waals surface area contributed by atoms with Gasteiger partial charge in [-0.25, -0.2) is 0 Å². The van der Waals surface area contributed by atoms with Gasteiger partial charge in [-0.1, -0.05) is 20.3 Å². The Labute approximate surface area is 93.9 Å². The standard InChI is InChI=1S/C6H13NO2.Ca.2H/c1-3-4(2)5(7)6(8)9;;;/h4-5H,3,7H2,1-2H3,(H,8,9);;;/q;+2;2*-1/t4-,5-;;;/m0.../s1. The number of carbonyl (C=O) groups is 1. The first-order chi connectivity index (χ1) is 4.09. The van der Waals surface area contributed by atoms with Crippen LogP contribution in [-0.2, 0) is 4.79 Å². The summed E-state index contributed by atoms with van der Waals surface area (Å²) in [6.07, 6.45) is 0.813. The summed E-state index contributed by atoms with van der Waals surface area (Å²) in [5, 5.41) is 8.36. The van der Waals surface area contributed by atoms with Gasteiger partial charge in [0, 0.05) is 0 Å². The Kier molecular flexibility index (Phi) is 8.51. The molecule has 0 rings (SSSR count). The Bertz CT molecular complexity index is 116. The fraction of sp³-hybridized carbons (Fsp3) is 0.833. The Morgan fingerprint density at radius 2 is 2.20 bits per heavy atom. The third kappa shape index (κ3) is 4.50. The molecule has 0 saturated heterocycles. The van der Waals surface area contributed by atoms with Crippen molar-refractivity contribution in [3.05, 3.63) is 0 Å². The van der Waals surface area contributed by atoms with Crippen molar-refractivity contribution < 1.29 is 12.8 Å². The van der Waals surface area contributed by atoms with Gasteiger partial charge in [-0.05, 0) is 5.92 Å². The summed E-state index contributed by atoms with van der Waals surface area (Å²) in [6, 6.07) is -0.699. The largest absolute Gasteiger partial charge is 2.00 e. The summed E-state index contributed by atoms with van der Waals surface area (Å²) in [7, 11) is 0. The van der Waals surface area contributed by atoms with Crippen molar-refractivity contribution in [2.75, 3.05) is 0 Å². The zero-order valence-electron chi connectivity index (χ0n) is 8.50. The molecule has 4 heteroatoms. The van der Waals surface area contributed by atoms with Crippen molar-refractivity contribution in [2.24, 2.45) is 11.7 Å². The SMILES string of the molecule is CC[C@H](C)[C@H](N)C(=O)O.[Ca+2].[H-].[H-]. The van der Waals surface area contributed by atoms with Crippen LogP contribution in [0.15, 0.2) is 0 Å². The molecule has 0 aromatic carbocycles. The van der Waals surface area contributed by atoms with Gasteiger partial charge < -0.3 is 13.7 Å². The van der Waals surface area contributed by atoms with Crippen LogP contribution in [0.4, 0.5) is 0 Å². The molecule has 0 aromatic heterocycles. The zero-order chi connectivity index (χ0) is 7.44. The molecule has 0 amide bonds. The van der Waals surface area contributed by atoms with Crippen LogP contribution in [0.25, 0.3) is 0 Å². The topological polar surface area (TPSA) is 63.3 Å². The number of hydrogen-bond donors (Lipinski definition) is 2. The van der Waals surface area contributed by atoms with Crippen LogP contribution in [0.5, 0.6) is 0 Å². The van der Waals surface area contributed by atoms with E-state index in [2.05, 4.69) is 0 Å². The predicted molar refractivity (Wildman–Crippen MR) is 43.0 cm³/mol. The Balaban J connectivity index is -0.000000107.